The summed E-state index contributed by atoms with van der Waals surface area (Å²) in [4.78, 5) is 0. The second-order valence-electron chi connectivity index (χ2n) is 8.80. The van der Waals surface area contributed by atoms with Crippen LogP contribution >= 0.6 is 0 Å². The molecule has 6 unspecified atom stereocenters. The molecule has 23 heavy (non-hydrogen) atoms. The Labute approximate surface area is 144 Å². The molecule has 0 aromatic heterocycles. The van der Waals surface area contributed by atoms with Crippen LogP contribution in [0.3, 0.4) is 0 Å². The van der Waals surface area contributed by atoms with Gasteiger partial charge in [-0.2, -0.15) is 0 Å². The molecule has 2 saturated carbocycles. The van der Waals surface area contributed by atoms with Crippen molar-refractivity contribution in [1.29, 1.82) is 0 Å². The van der Waals surface area contributed by atoms with E-state index in [0.29, 0.717) is 23.7 Å². The summed E-state index contributed by atoms with van der Waals surface area (Å²) >= 11 is 0. The third-order valence-corrected chi connectivity index (χ3v) is 6.42. The van der Waals surface area contributed by atoms with E-state index in [9.17, 15) is 0 Å². The highest BCUT2D eigenvalue weighted by Crippen LogP contribution is 2.39. The predicted octanol–water partition coefficient (Wildman–Crippen LogP) is 6.26. The fourth-order valence-electron chi connectivity index (χ4n) is 5.03. The third kappa shape index (κ3) is 5.21. The Kier molecular flexibility index (Phi) is 6.95. The molecule has 1 nitrogen and oxygen atoms in total. The Morgan fingerprint density at radius 2 is 1.17 bits per heavy atom. The minimum atomic E-state index is 0.674. The van der Waals surface area contributed by atoms with E-state index in [1.54, 1.807) is 0 Å². The summed E-state index contributed by atoms with van der Waals surface area (Å²) in [5.74, 6) is 4.40. The van der Waals surface area contributed by atoms with Gasteiger partial charge in [-0.1, -0.05) is 51.0 Å². The Bertz CT molecular complexity index is 372. The molecule has 2 rings (SSSR count). The first kappa shape index (κ1) is 18.8. The molecule has 1 heteroatoms. The summed E-state index contributed by atoms with van der Waals surface area (Å²) in [5, 5.41) is 0. The van der Waals surface area contributed by atoms with Crippen molar-refractivity contribution in [2.45, 2.75) is 66.2 Å². The second kappa shape index (κ2) is 8.51. The maximum atomic E-state index is 6.29. The maximum absolute atomic E-state index is 6.29. The zero-order valence-corrected chi connectivity index (χ0v) is 15.9. The standard InChI is InChI=1S/C22H38O/c1-15(2)21-9-7-17(5)11-19(21)13-23-14-20-12-18(6)8-10-22(20)16(3)4/h17-22H,1,3,7-14H2,2,4-6H3. The highest BCUT2D eigenvalue weighted by Gasteiger charge is 2.31. The number of hydrogen-bond donors (Lipinski definition) is 0. The molecule has 0 aliphatic heterocycles. The van der Waals surface area contributed by atoms with Gasteiger partial charge in [-0.25, -0.2) is 0 Å². The average Bonchev–Trinajstić information content (AvgIpc) is 2.46. The molecule has 132 valence electrons. The van der Waals surface area contributed by atoms with E-state index in [2.05, 4.69) is 40.9 Å². The number of rotatable bonds is 6. The van der Waals surface area contributed by atoms with Crippen LogP contribution in [-0.4, -0.2) is 13.2 Å². The summed E-state index contributed by atoms with van der Waals surface area (Å²) < 4.78 is 6.29. The van der Waals surface area contributed by atoms with Gasteiger partial charge in [0.15, 0.2) is 0 Å². The Balaban J connectivity index is 1.86. The second-order valence-corrected chi connectivity index (χ2v) is 8.80. The summed E-state index contributed by atoms with van der Waals surface area (Å²) in [5.41, 5.74) is 2.72. The Morgan fingerprint density at radius 1 is 0.783 bits per heavy atom. The van der Waals surface area contributed by atoms with Gasteiger partial charge in [-0.05, 0) is 75.0 Å². The summed E-state index contributed by atoms with van der Waals surface area (Å²) in [7, 11) is 0. The monoisotopic (exact) mass is 318 g/mol. The average molecular weight is 319 g/mol. The van der Waals surface area contributed by atoms with E-state index in [4.69, 9.17) is 4.74 Å². The fourth-order valence-corrected chi connectivity index (χ4v) is 5.03. The van der Waals surface area contributed by atoms with E-state index in [1.807, 2.05) is 0 Å². The molecule has 0 radical (unpaired) electrons. The zero-order chi connectivity index (χ0) is 17.0. The molecule has 2 aliphatic rings. The van der Waals surface area contributed by atoms with Crippen LogP contribution in [-0.2, 0) is 4.74 Å². The number of hydrogen-bond acceptors (Lipinski definition) is 1. The lowest BCUT2D eigenvalue weighted by molar-refractivity contribution is 0.0151. The minimum absolute atomic E-state index is 0.674. The quantitative estimate of drug-likeness (QED) is 0.525. The summed E-state index contributed by atoms with van der Waals surface area (Å²) in [6, 6.07) is 0. The van der Waals surface area contributed by atoms with Crippen molar-refractivity contribution < 1.29 is 4.74 Å². The predicted molar refractivity (Wildman–Crippen MR) is 100 cm³/mol. The molecule has 0 saturated heterocycles. The van der Waals surface area contributed by atoms with Crippen molar-refractivity contribution in [3.8, 4) is 0 Å². The first-order chi connectivity index (χ1) is 10.9. The van der Waals surface area contributed by atoms with Crippen molar-refractivity contribution in [3.63, 3.8) is 0 Å². The van der Waals surface area contributed by atoms with Crippen LogP contribution in [0.15, 0.2) is 24.3 Å². The molecule has 0 aromatic rings. The Hall–Kier alpha value is -0.560. The highest BCUT2D eigenvalue weighted by atomic mass is 16.5. The molecule has 0 aromatic carbocycles. The molecular formula is C22H38O. The van der Waals surface area contributed by atoms with Crippen LogP contribution in [0.5, 0.6) is 0 Å². The summed E-state index contributed by atoms with van der Waals surface area (Å²) in [6.07, 6.45) is 7.93. The molecule has 0 heterocycles. The largest absolute Gasteiger partial charge is 0.381 e. The van der Waals surface area contributed by atoms with Gasteiger partial charge in [0.1, 0.15) is 0 Å². The normalized spacial score (nSPS) is 38.3. The molecule has 6 atom stereocenters. The molecule has 0 amide bonds. The van der Waals surface area contributed by atoms with Crippen molar-refractivity contribution in [3.05, 3.63) is 24.3 Å². The smallest absolute Gasteiger partial charge is 0.0500 e. The van der Waals surface area contributed by atoms with Gasteiger partial charge >= 0.3 is 0 Å². The third-order valence-electron chi connectivity index (χ3n) is 6.42. The van der Waals surface area contributed by atoms with E-state index in [-0.39, 0.29) is 0 Å². The highest BCUT2D eigenvalue weighted by molar-refractivity contribution is 5.02. The zero-order valence-electron chi connectivity index (χ0n) is 15.9. The summed E-state index contributed by atoms with van der Waals surface area (Å²) in [6.45, 7) is 19.5. The minimum Gasteiger partial charge on any atom is -0.381 e. The van der Waals surface area contributed by atoms with Crippen LogP contribution in [0.4, 0.5) is 0 Å². The number of ether oxygens (including phenoxy) is 1. The lowest BCUT2D eigenvalue weighted by Crippen LogP contribution is -2.31. The molecule has 2 fully saturated rings. The fraction of sp³-hybridized carbons (Fsp3) is 0.818. The maximum Gasteiger partial charge on any atom is 0.0500 e. The van der Waals surface area contributed by atoms with E-state index < -0.39 is 0 Å². The van der Waals surface area contributed by atoms with Crippen molar-refractivity contribution in [1.82, 2.24) is 0 Å². The van der Waals surface area contributed by atoms with E-state index in [1.165, 1.54) is 49.7 Å². The van der Waals surface area contributed by atoms with Crippen molar-refractivity contribution >= 4 is 0 Å². The van der Waals surface area contributed by atoms with Gasteiger partial charge in [0.2, 0.25) is 0 Å². The van der Waals surface area contributed by atoms with E-state index in [0.717, 1.165) is 25.0 Å². The number of allylic oxidation sites excluding steroid dienone is 2. The molecule has 0 bridgehead atoms. The van der Waals surface area contributed by atoms with Crippen LogP contribution in [0.1, 0.15) is 66.2 Å². The van der Waals surface area contributed by atoms with Gasteiger partial charge in [0, 0.05) is 13.2 Å². The van der Waals surface area contributed by atoms with Gasteiger partial charge in [-0.3, -0.25) is 0 Å². The van der Waals surface area contributed by atoms with Gasteiger partial charge in [0.05, 0.1) is 0 Å². The topological polar surface area (TPSA) is 9.23 Å². The van der Waals surface area contributed by atoms with Crippen LogP contribution < -0.4 is 0 Å². The Morgan fingerprint density at radius 3 is 1.52 bits per heavy atom. The van der Waals surface area contributed by atoms with Crippen LogP contribution in [0, 0.1) is 35.5 Å². The van der Waals surface area contributed by atoms with E-state index >= 15 is 0 Å². The van der Waals surface area contributed by atoms with Crippen molar-refractivity contribution in [2.75, 3.05) is 13.2 Å². The van der Waals surface area contributed by atoms with Crippen LogP contribution in [0.2, 0.25) is 0 Å². The van der Waals surface area contributed by atoms with Gasteiger partial charge in [-0.15, -0.1) is 0 Å². The van der Waals surface area contributed by atoms with Gasteiger partial charge < -0.3 is 4.74 Å². The SMILES string of the molecule is C=C(C)C1CCC(C)CC1COCC1CC(C)CCC1C(=C)C. The van der Waals surface area contributed by atoms with Crippen LogP contribution in [0.25, 0.3) is 0 Å². The molecular weight excluding hydrogens is 280 g/mol. The van der Waals surface area contributed by atoms with Gasteiger partial charge in [0.25, 0.3) is 0 Å². The lowest BCUT2D eigenvalue weighted by Gasteiger charge is -2.37. The first-order valence-corrected chi connectivity index (χ1v) is 9.77. The lowest BCUT2D eigenvalue weighted by atomic mass is 9.72. The first-order valence-electron chi connectivity index (χ1n) is 9.77. The molecule has 2 aliphatic carbocycles. The molecule has 0 N–H and O–H groups in total. The van der Waals surface area contributed by atoms with Crippen molar-refractivity contribution in [2.24, 2.45) is 35.5 Å². The molecule has 0 spiro atoms.